The minimum Gasteiger partial charge on any atom is -0.479 e. The molecular formula is C21H23BrF2N4O3. The Balaban J connectivity index is 1.71. The number of methoxy groups -OCH3 is 1. The van der Waals surface area contributed by atoms with Crippen molar-refractivity contribution in [3.05, 3.63) is 45.1 Å². The second kappa shape index (κ2) is 9.59. The molecule has 10 heteroatoms. The van der Waals surface area contributed by atoms with E-state index in [0.29, 0.717) is 22.3 Å². The summed E-state index contributed by atoms with van der Waals surface area (Å²) in [5.74, 6) is 0.318. The van der Waals surface area contributed by atoms with E-state index in [4.69, 9.17) is 4.74 Å². The van der Waals surface area contributed by atoms with Crippen molar-refractivity contribution in [1.29, 1.82) is 0 Å². The monoisotopic (exact) mass is 496 g/mol. The molecule has 0 saturated carbocycles. The molecule has 1 amide bonds. The third-order valence-corrected chi connectivity index (χ3v) is 5.53. The number of fused-ring (bicyclic) bond motifs is 1. The molecule has 0 bridgehead atoms. The fourth-order valence-corrected chi connectivity index (χ4v) is 3.93. The van der Waals surface area contributed by atoms with Crippen LogP contribution in [0.4, 0.5) is 8.78 Å². The van der Waals surface area contributed by atoms with E-state index in [1.165, 1.54) is 6.07 Å². The zero-order chi connectivity index (χ0) is 22.7. The van der Waals surface area contributed by atoms with Crippen LogP contribution in [0.1, 0.15) is 28.8 Å². The van der Waals surface area contributed by atoms with E-state index in [9.17, 15) is 13.6 Å². The number of benzene rings is 1. The van der Waals surface area contributed by atoms with Gasteiger partial charge >= 0.3 is 6.61 Å². The van der Waals surface area contributed by atoms with E-state index < -0.39 is 6.61 Å². The lowest BCUT2D eigenvalue weighted by Crippen LogP contribution is -2.24. The standard InChI is InChI=1S/C21H23BrF2N4O3/c1-11-15(12(2)26-19-18(11)20(30-4)27-28(19)3)6-8-17(29)25-10-13-9-14(22)5-7-16(13)31-21(23)24/h5,7,9,21H,6,8,10H2,1-4H3,(H,25,29). The maximum absolute atomic E-state index is 12.6. The Hall–Kier alpha value is -2.75. The van der Waals surface area contributed by atoms with Crippen molar-refractivity contribution in [3.8, 4) is 11.6 Å². The second-order valence-corrected chi connectivity index (χ2v) is 7.96. The summed E-state index contributed by atoms with van der Waals surface area (Å²) in [5.41, 5.74) is 3.93. The number of carbonyl (C=O) groups is 1. The molecule has 3 rings (SSSR count). The molecule has 1 N–H and O–H groups in total. The molecule has 0 radical (unpaired) electrons. The van der Waals surface area contributed by atoms with Crippen molar-refractivity contribution < 1.29 is 23.0 Å². The van der Waals surface area contributed by atoms with Gasteiger partial charge in [-0.25, -0.2) is 9.67 Å². The molecule has 0 aliphatic rings. The molecule has 0 fully saturated rings. The normalized spacial score (nSPS) is 11.2. The number of pyridine rings is 1. The van der Waals surface area contributed by atoms with Gasteiger partial charge < -0.3 is 14.8 Å². The maximum Gasteiger partial charge on any atom is 0.387 e. The van der Waals surface area contributed by atoms with Gasteiger partial charge in [-0.1, -0.05) is 15.9 Å². The van der Waals surface area contributed by atoms with Crippen LogP contribution >= 0.6 is 15.9 Å². The number of amides is 1. The van der Waals surface area contributed by atoms with Crippen LogP contribution in [0.5, 0.6) is 11.6 Å². The summed E-state index contributed by atoms with van der Waals surface area (Å²) in [7, 11) is 3.36. The molecule has 3 aromatic rings. The van der Waals surface area contributed by atoms with E-state index in [0.717, 1.165) is 27.9 Å². The highest BCUT2D eigenvalue weighted by Gasteiger charge is 2.19. The van der Waals surface area contributed by atoms with Gasteiger partial charge in [0.1, 0.15) is 5.75 Å². The van der Waals surface area contributed by atoms with Gasteiger partial charge in [0, 0.05) is 35.7 Å². The first-order valence-electron chi connectivity index (χ1n) is 9.58. The van der Waals surface area contributed by atoms with Crippen molar-refractivity contribution in [2.45, 2.75) is 39.8 Å². The lowest BCUT2D eigenvalue weighted by Gasteiger charge is -2.13. The third-order valence-electron chi connectivity index (χ3n) is 5.03. The van der Waals surface area contributed by atoms with Crippen molar-refractivity contribution in [2.75, 3.05) is 7.11 Å². The molecule has 0 unspecified atom stereocenters. The first-order chi connectivity index (χ1) is 14.7. The van der Waals surface area contributed by atoms with E-state index >= 15 is 0 Å². The lowest BCUT2D eigenvalue weighted by atomic mass is 10.00. The molecule has 31 heavy (non-hydrogen) atoms. The minimum absolute atomic E-state index is 0.0310. The van der Waals surface area contributed by atoms with Crippen molar-refractivity contribution >= 4 is 32.9 Å². The fourth-order valence-electron chi connectivity index (χ4n) is 3.53. The van der Waals surface area contributed by atoms with E-state index in [-0.39, 0.29) is 24.6 Å². The van der Waals surface area contributed by atoms with Crippen LogP contribution in [0.3, 0.4) is 0 Å². The van der Waals surface area contributed by atoms with Crippen LogP contribution in [0, 0.1) is 13.8 Å². The molecule has 7 nitrogen and oxygen atoms in total. The summed E-state index contributed by atoms with van der Waals surface area (Å²) in [4.78, 5) is 17.1. The zero-order valence-electron chi connectivity index (χ0n) is 17.6. The number of alkyl halides is 2. The molecule has 166 valence electrons. The van der Waals surface area contributed by atoms with Gasteiger partial charge in [0.05, 0.1) is 12.5 Å². The van der Waals surface area contributed by atoms with Crippen LogP contribution in [0.15, 0.2) is 22.7 Å². The highest BCUT2D eigenvalue weighted by Crippen LogP contribution is 2.30. The quantitative estimate of drug-likeness (QED) is 0.505. The number of nitrogens with zero attached hydrogens (tertiary/aromatic N) is 3. The first-order valence-corrected chi connectivity index (χ1v) is 10.4. The van der Waals surface area contributed by atoms with Gasteiger partial charge in [-0.2, -0.15) is 8.78 Å². The van der Waals surface area contributed by atoms with Gasteiger partial charge in [0.25, 0.3) is 0 Å². The van der Waals surface area contributed by atoms with E-state index in [1.807, 2.05) is 13.8 Å². The van der Waals surface area contributed by atoms with E-state index in [2.05, 4.69) is 36.1 Å². The van der Waals surface area contributed by atoms with Gasteiger partial charge in [0.2, 0.25) is 11.8 Å². The average Bonchev–Trinajstić information content (AvgIpc) is 3.03. The zero-order valence-corrected chi connectivity index (χ0v) is 19.2. The highest BCUT2D eigenvalue weighted by molar-refractivity contribution is 9.10. The van der Waals surface area contributed by atoms with Crippen LogP contribution < -0.4 is 14.8 Å². The largest absolute Gasteiger partial charge is 0.479 e. The number of aryl methyl sites for hydroxylation is 3. The number of halogens is 3. The van der Waals surface area contributed by atoms with Crippen LogP contribution in [0.2, 0.25) is 0 Å². The molecular weight excluding hydrogens is 474 g/mol. The predicted molar refractivity (Wildman–Crippen MR) is 115 cm³/mol. The van der Waals surface area contributed by atoms with Crippen LogP contribution in [-0.2, 0) is 24.8 Å². The number of nitrogens with one attached hydrogen (secondary N) is 1. The third kappa shape index (κ3) is 5.12. The molecule has 2 heterocycles. The smallest absolute Gasteiger partial charge is 0.387 e. The van der Waals surface area contributed by atoms with E-state index in [1.54, 1.807) is 31.0 Å². The minimum atomic E-state index is -2.94. The molecule has 0 aliphatic carbocycles. The average molecular weight is 497 g/mol. The van der Waals surface area contributed by atoms with Gasteiger partial charge in [-0.3, -0.25) is 4.79 Å². The number of hydrogen-bond donors (Lipinski definition) is 1. The predicted octanol–water partition coefficient (Wildman–Crippen LogP) is 4.21. The number of aromatic nitrogens is 3. The molecule has 0 aliphatic heterocycles. The topological polar surface area (TPSA) is 78.3 Å². The Morgan fingerprint density at radius 2 is 2.06 bits per heavy atom. The molecule has 0 saturated heterocycles. The van der Waals surface area contributed by atoms with Gasteiger partial charge in [0.15, 0.2) is 5.65 Å². The SMILES string of the molecule is COc1nn(C)c2nc(C)c(CCC(=O)NCc3cc(Br)ccc3OC(F)F)c(C)c12. The first kappa shape index (κ1) is 22.9. The van der Waals surface area contributed by atoms with Crippen LogP contribution in [0.25, 0.3) is 11.0 Å². The number of carbonyl (C=O) groups excluding carboxylic acids is 1. The Morgan fingerprint density at radius 3 is 2.74 bits per heavy atom. The summed E-state index contributed by atoms with van der Waals surface area (Å²) in [5, 5.41) is 7.92. The van der Waals surface area contributed by atoms with Crippen molar-refractivity contribution in [3.63, 3.8) is 0 Å². The fraction of sp³-hybridized carbons (Fsp3) is 0.381. The molecule has 2 aromatic heterocycles. The Labute approximate surface area is 186 Å². The summed E-state index contributed by atoms with van der Waals surface area (Å²) >= 11 is 3.30. The van der Waals surface area contributed by atoms with Crippen molar-refractivity contribution in [2.24, 2.45) is 7.05 Å². The van der Waals surface area contributed by atoms with Crippen LogP contribution in [-0.4, -0.2) is 34.4 Å². The maximum atomic E-state index is 12.6. The molecule has 0 atom stereocenters. The summed E-state index contributed by atoms with van der Waals surface area (Å²) < 4.78 is 37.5. The number of hydrogen-bond acceptors (Lipinski definition) is 5. The Morgan fingerprint density at radius 1 is 1.32 bits per heavy atom. The summed E-state index contributed by atoms with van der Waals surface area (Å²) in [6.07, 6.45) is 0.694. The van der Waals surface area contributed by atoms with Crippen molar-refractivity contribution in [1.82, 2.24) is 20.1 Å². The Kier molecular flexibility index (Phi) is 7.09. The molecule has 1 aromatic carbocycles. The number of ether oxygens (including phenoxy) is 2. The summed E-state index contributed by atoms with van der Waals surface area (Å²) in [6, 6.07) is 4.68. The highest BCUT2D eigenvalue weighted by atomic mass is 79.9. The summed E-state index contributed by atoms with van der Waals surface area (Å²) in [6.45, 7) is 0.998. The second-order valence-electron chi connectivity index (χ2n) is 7.04. The lowest BCUT2D eigenvalue weighted by molar-refractivity contribution is -0.121. The van der Waals surface area contributed by atoms with Gasteiger partial charge in [-0.15, -0.1) is 5.10 Å². The number of rotatable bonds is 8. The molecule has 0 spiro atoms. The van der Waals surface area contributed by atoms with Gasteiger partial charge in [-0.05, 0) is 49.6 Å². The Bertz CT molecular complexity index is 1120.